The summed E-state index contributed by atoms with van der Waals surface area (Å²) in [5, 5.41) is 11.0. The molecule has 1 aliphatic heterocycles. The summed E-state index contributed by atoms with van der Waals surface area (Å²) in [6.45, 7) is 11.1. The number of Topliss-reactive ketones (excluding diaryl/α,β-unsaturated/α-hetero) is 1. The van der Waals surface area contributed by atoms with E-state index in [4.69, 9.17) is 4.74 Å². The van der Waals surface area contributed by atoms with Gasteiger partial charge in [0.2, 0.25) is 0 Å². The number of fused-ring (bicyclic) bond motifs is 3. The number of phenolic OH excluding ortho intramolecular Hbond substituents is 1. The molecule has 28 heavy (non-hydrogen) atoms. The lowest BCUT2D eigenvalue weighted by atomic mass is 9.64. The number of hydrogen-bond acceptors (Lipinski definition) is 3. The van der Waals surface area contributed by atoms with Gasteiger partial charge in [-0.2, -0.15) is 0 Å². The number of rotatable bonds is 7. The standard InChI is InChI=1S/C25H38O3/c1-6-8-9-10-13-24(3,4)17-14-21(27)23-19-16-18(26)11-12-20(19)25(5,7-2)28-22(23)15-17/h14-15,19-20,27H,6-13,16H2,1-5H3/t19-,20+,25?/m1/s1. The summed E-state index contributed by atoms with van der Waals surface area (Å²) in [6, 6.07) is 4.09. The topological polar surface area (TPSA) is 46.5 Å². The van der Waals surface area contributed by atoms with E-state index in [0.717, 1.165) is 36.1 Å². The molecule has 1 aromatic rings. The highest BCUT2D eigenvalue weighted by molar-refractivity contribution is 5.81. The molecule has 1 aliphatic carbocycles. The van der Waals surface area contributed by atoms with E-state index in [-0.39, 0.29) is 16.9 Å². The number of aromatic hydroxyl groups is 1. The SMILES string of the molecule is CCCCCCC(C)(C)c1cc(O)c2c(c1)OC(C)(CC)[C@H]1CCC(=O)C[C@@H]21. The summed E-state index contributed by atoms with van der Waals surface area (Å²) in [6.07, 6.45) is 9.01. The van der Waals surface area contributed by atoms with Gasteiger partial charge in [-0.3, -0.25) is 4.79 Å². The van der Waals surface area contributed by atoms with Crippen molar-refractivity contribution < 1.29 is 14.6 Å². The molecule has 0 amide bonds. The Kier molecular flexibility index (Phi) is 6.12. The maximum atomic E-state index is 12.2. The maximum Gasteiger partial charge on any atom is 0.133 e. The fraction of sp³-hybridized carbons (Fsp3) is 0.720. The summed E-state index contributed by atoms with van der Waals surface area (Å²) < 4.78 is 6.56. The van der Waals surface area contributed by atoms with Crippen molar-refractivity contribution in [2.24, 2.45) is 5.92 Å². The predicted molar refractivity (Wildman–Crippen MR) is 114 cm³/mol. The van der Waals surface area contributed by atoms with Crippen LogP contribution in [0.5, 0.6) is 11.5 Å². The highest BCUT2D eigenvalue weighted by Crippen LogP contribution is 2.55. The van der Waals surface area contributed by atoms with Crippen molar-refractivity contribution in [3.05, 3.63) is 23.3 Å². The van der Waals surface area contributed by atoms with Gasteiger partial charge in [-0.05, 0) is 49.3 Å². The second-order valence-electron chi connectivity index (χ2n) is 9.86. The highest BCUT2D eigenvalue weighted by Gasteiger charge is 2.49. The average molecular weight is 387 g/mol. The molecule has 0 spiro atoms. The fourth-order valence-corrected chi connectivity index (χ4v) is 5.30. The van der Waals surface area contributed by atoms with Gasteiger partial charge in [0.1, 0.15) is 22.9 Å². The first-order valence-electron chi connectivity index (χ1n) is 11.3. The van der Waals surface area contributed by atoms with Crippen molar-refractivity contribution in [1.29, 1.82) is 0 Å². The van der Waals surface area contributed by atoms with Crippen molar-refractivity contribution in [3.8, 4) is 11.5 Å². The average Bonchev–Trinajstić information content (AvgIpc) is 2.64. The molecule has 1 aromatic carbocycles. The molecule has 3 atom stereocenters. The van der Waals surface area contributed by atoms with Crippen LogP contribution in [0.15, 0.2) is 12.1 Å². The Hall–Kier alpha value is -1.51. The summed E-state index contributed by atoms with van der Waals surface area (Å²) in [4.78, 5) is 12.2. The largest absolute Gasteiger partial charge is 0.508 e. The second kappa shape index (κ2) is 8.08. The monoisotopic (exact) mass is 386 g/mol. The van der Waals surface area contributed by atoms with Crippen LogP contribution in [0.2, 0.25) is 0 Å². The number of carbonyl (C=O) groups excluding carboxylic acids is 1. The van der Waals surface area contributed by atoms with Crippen LogP contribution in [0.4, 0.5) is 0 Å². The Morgan fingerprint density at radius 2 is 1.96 bits per heavy atom. The Morgan fingerprint density at radius 1 is 1.21 bits per heavy atom. The Labute approximate surface area is 170 Å². The lowest BCUT2D eigenvalue weighted by Gasteiger charge is -2.49. The molecule has 156 valence electrons. The van der Waals surface area contributed by atoms with Crippen LogP contribution < -0.4 is 4.74 Å². The van der Waals surface area contributed by atoms with E-state index >= 15 is 0 Å². The number of hydrogen-bond donors (Lipinski definition) is 1. The minimum absolute atomic E-state index is 0.00847. The number of ether oxygens (including phenoxy) is 1. The normalized spacial score (nSPS) is 27.1. The number of phenols is 1. The van der Waals surface area contributed by atoms with Crippen molar-refractivity contribution in [2.75, 3.05) is 0 Å². The first-order valence-corrected chi connectivity index (χ1v) is 11.3. The van der Waals surface area contributed by atoms with E-state index in [9.17, 15) is 9.90 Å². The van der Waals surface area contributed by atoms with Gasteiger partial charge < -0.3 is 9.84 Å². The predicted octanol–water partition coefficient (Wildman–Crippen LogP) is 6.65. The van der Waals surface area contributed by atoms with Crippen molar-refractivity contribution in [2.45, 2.75) is 109 Å². The number of unbranched alkanes of at least 4 members (excludes halogenated alkanes) is 3. The van der Waals surface area contributed by atoms with Crippen LogP contribution >= 0.6 is 0 Å². The lowest BCUT2D eigenvalue weighted by Crippen LogP contribution is -2.48. The summed E-state index contributed by atoms with van der Waals surface area (Å²) in [7, 11) is 0. The van der Waals surface area contributed by atoms with Crippen molar-refractivity contribution >= 4 is 5.78 Å². The van der Waals surface area contributed by atoms with Crippen molar-refractivity contribution in [3.63, 3.8) is 0 Å². The van der Waals surface area contributed by atoms with Gasteiger partial charge in [0, 0.05) is 30.2 Å². The second-order valence-corrected chi connectivity index (χ2v) is 9.86. The van der Waals surface area contributed by atoms with E-state index in [2.05, 4.69) is 40.7 Å². The summed E-state index contributed by atoms with van der Waals surface area (Å²) >= 11 is 0. The van der Waals surface area contributed by atoms with Gasteiger partial charge in [0.25, 0.3) is 0 Å². The van der Waals surface area contributed by atoms with Crippen molar-refractivity contribution in [1.82, 2.24) is 0 Å². The van der Waals surface area contributed by atoms with Gasteiger partial charge in [-0.1, -0.05) is 53.4 Å². The third-order valence-corrected chi connectivity index (χ3v) is 7.42. The van der Waals surface area contributed by atoms with Crippen LogP contribution in [0.3, 0.4) is 0 Å². The van der Waals surface area contributed by atoms with Gasteiger partial charge in [0.05, 0.1) is 0 Å². The molecule has 0 radical (unpaired) electrons. The molecule has 2 aliphatic rings. The zero-order valence-electron chi connectivity index (χ0n) is 18.4. The molecular formula is C25H38O3. The van der Waals surface area contributed by atoms with E-state index in [1.54, 1.807) is 0 Å². The smallest absolute Gasteiger partial charge is 0.133 e. The Morgan fingerprint density at radius 3 is 2.64 bits per heavy atom. The number of benzene rings is 1. The summed E-state index contributed by atoms with van der Waals surface area (Å²) in [5.41, 5.74) is 1.73. The fourth-order valence-electron chi connectivity index (χ4n) is 5.30. The van der Waals surface area contributed by atoms with Gasteiger partial charge in [-0.25, -0.2) is 0 Å². The van der Waals surface area contributed by atoms with Crippen LogP contribution in [0.25, 0.3) is 0 Å². The molecule has 1 heterocycles. The van der Waals surface area contributed by atoms with E-state index in [0.29, 0.717) is 30.3 Å². The zero-order valence-corrected chi connectivity index (χ0v) is 18.4. The van der Waals surface area contributed by atoms with Gasteiger partial charge >= 0.3 is 0 Å². The third kappa shape index (κ3) is 3.95. The van der Waals surface area contributed by atoms with E-state index < -0.39 is 0 Å². The van der Waals surface area contributed by atoms with E-state index in [1.165, 1.54) is 25.7 Å². The Balaban J connectivity index is 1.95. The summed E-state index contributed by atoms with van der Waals surface area (Å²) in [5.74, 6) is 1.80. The molecule has 1 fully saturated rings. The molecule has 3 heteroatoms. The molecule has 0 saturated heterocycles. The first kappa shape index (κ1) is 21.2. The molecule has 1 saturated carbocycles. The Bertz CT molecular complexity index is 721. The molecule has 0 aromatic heterocycles. The first-order chi connectivity index (χ1) is 13.2. The van der Waals surface area contributed by atoms with Crippen LogP contribution in [0, 0.1) is 5.92 Å². The van der Waals surface area contributed by atoms with Gasteiger partial charge in [-0.15, -0.1) is 0 Å². The van der Waals surface area contributed by atoms with Crippen LogP contribution in [-0.2, 0) is 10.2 Å². The number of carbonyl (C=O) groups is 1. The minimum atomic E-state index is -0.269. The molecular weight excluding hydrogens is 348 g/mol. The molecule has 1 unspecified atom stereocenters. The minimum Gasteiger partial charge on any atom is -0.508 e. The zero-order chi connectivity index (χ0) is 20.5. The quantitative estimate of drug-likeness (QED) is 0.533. The van der Waals surface area contributed by atoms with Gasteiger partial charge in [0.15, 0.2) is 0 Å². The number of ketones is 1. The molecule has 3 nitrogen and oxygen atoms in total. The lowest BCUT2D eigenvalue weighted by molar-refractivity contribution is -0.124. The molecule has 0 bridgehead atoms. The molecule has 3 rings (SSSR count). The van der Waals surface area contributed by atoms with Crippen LogP contribution in [-0.4, -0.2) is 16.5 Å². The molecule has 1 N–H and O–H groups in total. The maximum absolute atomic E-state index is 12.2. The van der Waals surface area contributed by atoms with E-state index in [1.807, 2.05) is 6.07 Å². The highest BCUT2D eigenvalue weighted by atomic mass is 16.5. The van der Waals surface area contributed by atoms with Crippen LogP contribution in [0.1, 0.15) is 109 Å². The third-order valence-electron chi connectivity index (χ3n) is 7.42.